The number of carbonyl (C=O) groups excluding carboxylic acids is 1. The van der Waals surface area contributed by atoms with E-state index in [2.05, 4.69) is 5.32 Å². The van der Waals surface area contributed by atoms with Gasteiger partial charge < -0.3 is 10.4 Å². The Balaban J connectivity index is 2.29. The van der Waals surface area contributed by atoms with Gasteiger partial charge in [-0.25, -0.2) is 4.79 Å². The molecule has 0 radical (unpaired) electrons. The van der Waals surface area contributed by atoms with Gasteiger partial charge in [0, 0.05) is 27.2 Å². The second-order valence-electron chi connectivity index (χ2n) is 3.67. The van der Waals surface area contributed by atoms with E-state index in [0.29, 0.717) is 22.2 Å². The molecule has 1 unspecified atom stereocenters. The van der Waals surface area contributed by atoms with Crippen molar-refractivity contribution in [3.05, 3.63) is 28.2 Å². The van der Waals surface area contributed by atoms with E-state index in [1.807, 2.05) is 0 Å². The minimum atomic E-state index is -1.03. The molecular formula is C12H13Cl2NO3S2. The van der Waals surface area contributed by atoms with Crippen LogP contribution in [0.3, 0.4) is 0 Å². The molecule has 1 aromatic rings. The first-order valence-corrected chi connectivity index (χ1v) is 8.52. The van der Waals surface area contributed by atoms with Crippen molar-refractivity contribution < 1.29 is 14.7 Å². The van der Waals surface area contributed by atoms with Crippen LogP contribution in [0.25, 0.3) is 0 Å². The highest BCUT2D eigenvalue weighted by atomic mass is 35.5. The zero-order chi connectivity index (χ0) is 15.0. The van der Waals surface area contributed by atoms with Gasteiger partial charge in [-0.05, 0) is 18.2 Å². The molecule has 20 heavy (non-hydrogen) atoms. The molecule has 0 fully saturated rings. The van der Waals surface area contributed by atoms with Crippen LogP contribution in [0.4, 0.5) is 0 Å². The Labute approximate surface area is 135 Å². The standard InChI is InChI=1S/C12H13Cl2NO3S2/c13-8-1-2-9(14)11(5-8)20-4-3-19-6-10(12(17)18)15-7-16/h1-2,5,7,10H,3-4,6H2,(H,15,16)(H,17,18). The van der Waals surface area contributed by atoms with Gasteiger partial charge in [0.05, 0.1) is 5.02 Å². The highest BCUT2D eigenvalue weighted by Crippen LogP contribution is 2.30. The van der Waals surface area contributed by atoms with Crippen molar-refractivity contribution in [2.75, 3.05) is 17.3 Å². The summed E-state index contributed by atoms with van der Waals surface area (Å²) in [6.07, 6.45) is 0.403. The maximum atomic E-state index is 10.8. The van der Waals surface area contributed by atoms with Crippen LogP contribution in [-0.4, -0.2) is 40.8 Å². The van der Waals surface area contributed by atoms with Crippen LogP contribution >= 0.6 is 46.7 Å². The number of hydrogen-bond donors (Lipinski definition) is 2. The van der Waals surface area contributed by atoms with Crippen LogP contribution in [0.2, 0.25) is 10.0 Å². The summed E-state index contributed by atoms with van der Waals surface area (Å²) in [6, 6.07) is 4.42. The summed E-state index contributed by atoms with van der Waals surface area (Å²) in [4.78, 5) is 21.9. The van der Waals surface area contributed by atoms with Crippen LogP contribution in [0.5, 0.6) is 0 Å². The SMILES string of the molecule is O=CNC(CSCCSc1cc(Cl)ccc1Cl)C(=O)O. The Morgan fingerprint density at radius 1 is 1.40 bits per heavy atom. The van der Waals surface area contributed by atoms with Crippen molar-refractivity contribution in [2.24, 2.45) is 0 Å². The number of benzene rings is 1. The summed E-state index contributed by atoms with van der Waals surface area (Å²) in [6.45, 7) is 0. The van der Waals surface area contributed by atoms with Gasteiger partial charge in [-0.3, -0.25) is 4.79 Å². The molecular weight excluding hydrogens is 341 g/mol. The molecule has 0 bridgehead atoms. The van der Waals surface area contributed by atoms with Gasteiger partial charge in [0.15, 0.2) is 0 Å². The molecule has 0 aromatic heterocycles. The summed E-state index contributed by atoms with van der Waals surface area (Å²) >= 11 is 14.9. The van der Waals surface area contributed by atoms with E-state index >= 15 is 0 Å². The predicted octanol–water partition coefficient (Wildman–Crippen LogP) is 3.02. The number of aliphatic carboxylic acids is 1. The van der Waals surface area contributed by atoms with E-state index < -0.39 is 12.0 Å². The molecule has 110 valence electrons. The van der Waals surface area contributed by atoms with Gasteiger partial charge in [0.25, 0.3) is 0 Å². The third-order valence-corrected chi connectivity index (χ3v) is 5.28. The average Bonchev–Trinajstić information content (AvgIpc) is 2.40. The van der Waals surface area contributed by atoms with Crippen molar-refractivity contribution >= 4 is 59.1 Å². The van der Waals surface area contributed by atoms with E-state index in [9.17, 15) is 9.59 Å². The summed E-state index contributed by atoms with van der Waals surface area (Å²) < 4.78 is 0. The lowest BCUT2D eigenvalue weighted by atomic mass is 10.3. The monoisotopic (exact) mass is 353 g/mol. The Hall–Kier alpha value is -0.560. The van der Waals surface area contributed by atoms with E-state index in [-0.39, 0.29) is 0 Å². The lowest BCUT2D eigenvalue weighted by molar-refractivity contribution is -0.139. The van der Waals surface area contributed by atoms with Gasteiger partial charge in [0.2, 0.25) is 6.41 Å². The summed E-state index contributed by atoms with van der Waals surface area (Å²) in [5.74, 6) is 0.823. The van der Waals surface area contributed by atoms with Crippen molar-refractivity contribution in [1.82, 2.24) is 5.32 Å². The molecule has 0 saturated heterocycles. The van der Waals surface area contributed by atoms with Crippen LogP contribution in [-0.2, 0) is 9.59 Å². The summed E-state index contributed by atoms with van der Waals surface area (Å²) in [5, 5.41) is 12.4. The largest absolute Gasteiger partial charge is 0.480 e. The van der Waals surface area contributed by atoms with Crippen molar-refractivity contribution in [2.45, 2.75) is 10.9 Å². The normalized spacial score (nSPS) is 11.9. The third kappa shape index (κ3) is 6.26. The van der Waals surface area contributed by atoms with Crippen molar-refractivity contribution in [3.8, 4) is 0 Å². The van der Waals surface area contributed by atoms with Crippen molar-refractivity contribution in [1.29, 1.82) is 0 Å². The van der Waals surface area contributed by atoms with Crippen LogP contribution in [0, 0.1) is 0 Å². The topological polar surface area (TPSA) is 66.4 Å². The fourth-order valence-electron chi connectivity index (χ4n) is 1.27. The predicted molar refractivity (Wildman–Crippen MR) is 85.1 cm³/mol. The number of amides is 1. The van der Waals surface area contributed by atoms with Gasteiger partial charge >= 0.3 is 5.97 Å². The molecule has 4 nitrogen and oxygen atoms in total. The van der Waals surface area contributed by atoms with Crippen LogP contribution in [0.1, 0.15) is 0 Å². The second kappa shape index (κ2) is 9.39. The van der Waals surface area contributed by atoms with Crippen molar-refractivity contribution in [3.63, 3.8) is 0 Å². The maximum absolute atomic E-state index is 10.8. The second-order valence-corrected chi connectivity index (χ2v) is 6.80. The minimum Gasteiger partial charge on any atom is -0.480 e. The number of nitrogens with one attached hydrogen (secondary N) is 1. The molecule has 0 aliphatic heterocycles. The molecule has 0 saturated carbocycles. The Morgan fingerprint density at radius 3 is 2.80 bits per heavy atom. The lowest BCUT2D eigenvalue weighted by Gasteiger charge is -2.10. The first kappa shape index (κ1) is 17.5. The maximum Gasteiger partial charge on any atom is 0.327 e. The molecule has 0 spiro atoms. The van der Waals surface area contributed by atoms with Crippen LogP contribution < -0.4 is 5.32 Å². The molecule has 1 rings (SSSR count). The average molecular weight is 354 g/mol. The van der Waals surface area contributed by atoms with Gasteiger partial charge in [-0.1, -0.05) is 23.2 Å². The van der Waals surface area contributed by atoms with Gasteiger partial charge in [0.1, 0.15) is 6.04 Å². The third-order valence-electron chi connectivity index (χ3n) is 2.23. The van der Waals surface area contributed by atoms with E-state index in [4.69, 9.17) is 28.3 Å². The first-order valence-electron chi connectivity index (χ1n) is 5.62. The number of carboxylic acid groups (broad SMARTS) is 1. The Kier molecular flexibility index (Phi) is 8.21. The fourth-order valence-corrected chi connectivity index (χ4v) is 3.87. The molecule has 1 aromatic carbocycles. The number of hydrogen-bond acceptors (Lipinski definition) is 4. The lowest BCUT2D eigenvalue weighted by Crippen LogP contribution is -2.37. The molecule has 0 heterocycles. The number of halogens is 2. The summed E-state index contributed by atoms with van der Waals surface area (Å²) in [7, 11) is 0. The zero-order valence-corrected chi connectivity index (χ0v) is 13.5. The summed E-state index contributed by atoms with van der Waals surface area (Å²) in [5.41, 5.74) is 0. The highest BCUT2D eigenvalue weighted by molar-refractivity contribution is 8.03. The Bertz CT molecular complexity index is 474. The van der Waals surface area contributed by atoms with E-state index in [0.717, 1.165) is 16.4 Å². The first-order chi connectivity index (χ1) is 9.54. The van der Waals surface area contributed by atoms with E-state index in [1.165, 1.54) is 11.8 Å². The number of thioether (sulfide) groups is 2. The highest BCUT2D eigenvalue weighted by Gasteiger charge is 2.15. The molecule has 1 amide bonds. The Morgan fingerprint density at radius 2 is 2.15 bits per heavy atom. The minimum absolute atomic E-state index is 0.331. The molecule has 1 atom stereocenters. The van der Waals surface area contributed by atoms with Crippen LogP contribution in [0.15, 0.2) is 23.1 Å². The zero-order valence-electron chi connectivity index (χ0n) is 10.3. The van der Waals surface area contributed by atoms with E-state index in [1.54, 1.807) is 30.0 Å². The molecule has 2 N–H and O–H groups in total. The number of rotatable bonds is 9. The number of carboxylic acids is 1. The van der Waals surface area contributed by atoms with Gasteiger partial charge in [-0.15, -0.1) is 11.8 Å². The smallest absolute Gasteiger partial charge is 0.327 e. The molecule has 0 aliphatic carbocycles. The molecule has 8 heteroatoms. The molecule has 0 aliphatic rings. The fraction of sp³-hybridized carbons (Fsp3) is 0.333. The number of carbonyl (C=O) groups is 2. The quantitative estimate of drug-likeness (QED) is 0.405. The van der Waals surface area contributed by atoms with Gasteiger partial charge in [-0.2, -0.15) is 11.8 Å².